The van der Waals surface area contributed by atoms with Crippen LogP contribution in [0.4, 0.5) is 5.82 Å². The average Bonchev–Trinajstić information content (AvgIpc) is 3.22. The van der Waals surface area contributed by atoms with Gasteiger partial charge in [-0.05, 0) is 6.07 Å². The van der Waals surface area contributed by atoms with E-state index in [1.807, 2.05) is 0 Å². The van der Waals surface area contributed by atoms with Gasteiger partial charge in [0, 0.05) is 12.1 Å². The van der Waals surface area contributed by atoms with E-state index in [4.69, 9.17) is 4.74 Å². The summed E-state index contributed by atoms with van der Waals surface area (Å²) in [6.45, 7) is -0.239. The molecule has 3 heterocycles. The molecule has 1 aromatic rings. The highest BCUT2D eigenvalue weighted by Crippen LogP contribution is 2.33. The number of aliphatic hydroxyl groups excluding tert-OH is 4. The largest absolute Gasteiger partial charge is 0.508 e. The smallest absolute Gasteiger partial charge is 0.167 e. The summed E-state index contributed by atoms with van der Waals surface area (Å²) in [4.78, 5) is 12.7. The van der Waals surface area contributed by atoms with Gasteiger partial charge in [0.25, 0.3) is 0 Å². The molecular weight excluding hydrogens is 382 g/mol. The second-order valence-electron chi connectivity index (χ2n) is 6.75. The van der Waals surface area contributed by atoms with Crippen molar-refractivity contribution in [2.45, 2.75) is 37.2 Å². The van der Waals surface area contributed by atoms with Gasteiger partial charge in [-0.3, -0.25) is 4.57 Å². The highest BCUT2D eigenvalue weighted by molar-refractivity contribution is 5.67. The topological polar surface area (TPSA) is 166 Å². The van der Waals surface area contributed by atoms with E-state index in [2.05, 4.69) is 20.3 Å². The molecule has 0 radical (unpaired) electrons. The lowest BCUT2D eigenvalue weighted by Gasteiger charge is -2.41. The minimum atomic E-state index is -1.52. The van der Waals surface area contributed by atoms with Crippen LogP contribution >= 0.6 is 0 Å². The fourth-order valence-corrected chi connectivity index (χ4v) is 3.32. The lowest BCUT2D eigenvalue weighted by Crippen LogP contribution is -2.56. The first-order valence-corrected chi connectivity index (χ1v) is 9.00. The summed E-state index contributed by atoms with van der Waals surface area (Å²) in [5.41, 5.74) is 1.06. The molecule has 0 saturated carbocycles. The average molecular weight is 403 g/mol. The molecule has 4 rings (SSSR count). The molecule has 29 heavy (non-hydrogen) atoms. The molecule has 0 aromatic heterocycles. The Labute approximate surface area is 165 Å². The van der Waals surface area contributed by atoms with Gasteiger partial charge >= 0.3 is 0 Å². The Kier molecular flexibility index (Phi) is 5.30. The van der Waals surface area contributed by atoms with E-state index in [0.29, 0.717) is 29.4 Å². The second-order valence-corrected chi connectivity index (χ2v) is 6.75. The molecule has 0 amide bonds. The molecule has 3 aliphatic heterocycles. The number of phenolic OH excluding ortho intramolecular Hbond substituents is 1. The summed E-state index contributed by atoms with van der Waals surface area (Å²) in [5.74, 6) is 0.878. The number of aliphatic hydroxyl groups is 4. The van der Waals surface area contributed by atoms with Gasteiger partial charge in [-0.25, -0.2) is 15.0 Å². The molecule has 0 spiro atoms. The number of ether oxygens (including phenoxy) is 1. The molecule has 154 valence electrons. The summed E-state index contributed by atoms with van der Waals surface area (Å²) >= 11 is 0. The lowest BCUT2D eigenvalue weighted by molar-refractivity contribution is -0.251. The third kappa shape index (κ3) is 3.50. The van der Waals surface area contributed by atoms with Crippen LogP contribution in [0.3, 0.4) is 0 Å². The highest BCUT2D eigenvalue weighted by Gasteiger charge is 2.45. The van der Waals surface area contributed by atoms with Gasteiger partial charge in [-0.2, -0.15) is 0 Å². The fourth-order valence-electron chi connectivity index (χ4n) is 3.32. The number of nitrogens with one attached hydrogen (secondary N) is 1. The zero-order valence-electron chi connectivity index (χ0n) is 15.2. The monoisotopic (exact) mass is 403 g/mol. The van der Waals surface area contributed by atoms with Crippen molar-refractivity contribution in [2.75, 3.05) is 11.9 Å². The second kappa shape index (κ2) is 7.89. The first-order chi connectivity index (χ1) is 14.0. The van der Waals surface area contributed by atoms with Gasteiger partial charge in [0.05, 0.1) is 6.61 Å². The Hall–Kier alpha value is -2.83. The Balaban J connectivity index is 1.62. The summed E-state index contributed by atoms with van der Waals surface area (Å²) in [6, 6.07) is 6.89. The number of fused-ring (bicyclic) bond motifs is 1. The molecule has 1 unspecified atom stereocenters. The maximum atomic E-state index is 10.4. The molecule has 0 aliphatic carbocycles. The third-order valence-electron chi connectivity index (χ3n) is 4.94. The van der Waals surface area contributed by atoms with Crippen molar-refractivity contribution in [1.29, 1.82) is 0 Å². The van der Waals surface area contributed by atoms with E-state index in [-0.39, 0.29) is 5.75 Å². The van der Waals surface area contributed by atoms with Crippen LogP contribution in [0.1, 0.15) is 11.8 Å². The predicted molar refractivity (Wildman–Crippen MR) is 98.9 cm³/mol. The number of aromatic hydroxyl groups is 1. The standard InChI is InChI=1S/C18H21N5O6/c24-6-11-13(26)14(27)15(28)18(29-11)23-8-22-16(12-17(23)21-7-20-12)19-5-9-3-1-2-4-10(9)25/h1-4,7-8,11,13-15,18-19,24-28H,5-6H2/t11-,13-,14+,15-,18?/m1/s1. The fraction of sp³-hybridized carbons (Fsp3) is 0.389. The molecule has 0 bridgehead atoms. The predicted octanol–water partition coefficient (Wildman–Crippen LogP) is -0.932. The normalized spacial score (nSPS) is 27.2. The van der Waals surface area contributed by atoms with Crippen molar-refractivity contribution < 1.29 is 30.3 Å². The van der Waals surface area contributed by atoms with Crippen molar-refractivity contribution in [1.82, 2.24) is 19.5 Å². The Morgan fingerprint density at radius 3 is 2.59 bits per heavy atom. The van der Waals surface area contributed by atoms with Crippen LogP contribution in [0, 0.1) is 0 Å². The van der Waals surface area contributed by atoms with Gasteiger partial charge in [-0.15, -0.1) is 0 Å². The van der Waals surface area contributed by atoms with Crippen LogP contribution in [0.15, 0.2) is 36.9 Å². The van der Waals surface area contributed by atoms with E-state index in [1.165, 1.54) is 17.2 Å². The van der Waals surface area contributed by atoms with Gasteiger partial charge < -0.3 is 35.6 Å². The van der Waals surface area contributed by atoms with E-state index >= 15 is 0 Å². The zero-order valence-corrected chi connectivity index (χ0v) is 15.2. The van der Waals surface area contributed by atoms with Crippen LogP contribution in [0.2, 0.25) is 0 Å². The van der Waals surface area contributed by atoms with Crippen molar-refractivity contribution in [2.24, 2.45) is 0 Å². The molecule has 11 nitrogen and oxygen atoms in total. The molecule has 1 saturated heterocycles. The van der Waals surface area contributed by atoms with Crippen molar-refractivity contribution >= 4 is 5.82 Å². The van der Waals surface area contributed by atoms with Crippen LogP contribution in [-0.4, -0.2) is 76.1 Å². The third-order valence-corrected chi connectivity index (χ3v) is 4.94. The Morgan fingerprint density at radius 1 is 1.03 bits per heavy atom. The number of imidazole rings is 1. The van der Waals surface area contributed by atoms with Gasteiger partial charge in [-0.1, -0.05) is 18.2 Å². The van der Waals surface area contributed by atoms with Gasteiger partial charge in [0.2, 0.25) is 0 Å². The molecule has 1 aromatic carbocycles. The molecule has 6 N–H and O–H groups in total. The quantitative estimate of drug-likeness (QED) is 0.313. The lowest BCUT2D eigenvalue weighted by atomic mass is 9.98. The molecular formula is C18H21N5O6. The SMILES string of the molecule is OC[C@H]1OC(n2cnc(NCc3ccccc3O)c3ncnc2-3)[C@H](O)[C@@H](O)[C@@H]1O. The number of rotatable bonds is 5. The summed E-state index contributed by atoms with van der Waals surface area (Å²) in [6.07, 6.45) is -3.96. The summed E-state index contributed by atoms with van der Waals surface area (Å²) < 4.78 is 6.96. The van der Waals surface area contributed by atoms with E-state index in [1.54, 1.807) is 24.3 Å². The van der Waals surface area contributed by atoms with Crippen LogP contribution in [-0.2, 0) is 11.3 Å². The maximum absolute atomic E-state index is 10.4. The minimum absolute atomic E-state index is 0.150. The Morgan fingerprint density at radius 2 is 1.83 bits per heavy atom. The highest BCUT2D eigenvalue weighted by atomic mass is 16.6. The summed E-state index contributed by atoms with van der Waals surface area (Å²) in [5, 5.41) is 52.7. The van der Waals surface area contributed by atoms with Crippen molar-refractivity contribution in [3.05, 3.63) is 42.5 Å². The number of aromatic nitrogens is 4. The molecule has 3 aliphatic rings. The molecule has 5 atom stereocenters. The number of hydrogen-bond acceptors (Lipinski definition) is 10. The van der Waals surface area contributed by atoms with Crippen molar-refractivity contribution in [3.63, 3.8) is 0 Å². The van der Waals surface area contributed by atoms with Gasteiger partial charge in [0.15, 0.2) is 23.6 Å². The van der Waals surface area contributed by atoms with Crippen molar-refractivity contribution in [3.8, 4) is 17.3 Å². The minimum Gasteiger partial charge on any atom is -0.508 e. The number of hydrogen-bond donors (Lipinski definition) is 6. The molecule has 1 fully saturated rings. The zero-order chi connectivity index (χ0) is 20.5. The number of phenols is 1. The van der Waals surface area contributed by atoms with E-state index < -0.39 is 37.3 Å². The van der Waals surface area contributed by atoms with E-state index in [0.717, 1.165) is 0 Å². The number of para-hydroxylation sites is 1. The van der Waals surface area contributed by atoms with Crippen LogP contribution < -0.4 is 5.32 Å². The maximum Gasteiger partial charge on any atom is 0.167 e. The van der Waals surface area contributed by atoms with Gasteiger partial charge in [0.1, 0.15) is 42.8 Å². The van der Waals surface area contributed by atoms with E-state index in [9.17, 15) is 25.5 Å². The van der Waals surface area contributed by atoms with Crippen LogP contribution in [0.25, 0.3) is 11.5 Å². The first kappa shape index (κ1) is 19.5. The van der Waals surface area contributed by atoms with Crippen LogP contribution in [0.5, 0.6) is 5.75 Å². The Bertz CT molecular complexity index is 950. The molecule has 11 heteroatoms. The number of nitrogens with zero attached hydrogens (tertiary/aromatic N) is 4. The first-order valence-electron chi connectivity index (χ1n) is 9.00. The summed E-state index contributed by atoms with van der Waals surface area (Å²) in [7, 11) is 0. The number of benzene rings is 1. The number of anilines is 1.